The summed E-state index contributed by atoms with van der Waals surface area (Å²) in [6.45, 7) is 7.10. The zero-order chi connectivity index (χ0) is 25.9. The van der Waals surface area contributed by atoms with Crippen LogP contribution in [0.1, 0.15) is 42.9 Å². The molecule has 0 aliphatic carbocycles. The van der Waals surface area contributed by atoms with Crippen LogP contribution in [0.4, 0.5) is 5.82 Å². The van der Waals surface area contributed by atoms with E-state index in [1.54, 1.807) is 12.1 Å². The molecule has 37 heavy (non-hydrogen) atoms. The third kappa shape index (κ3) is 5.58. The minimum absolute atomic E-state index is 0.0355. The molecule has 1 saturated heterocycles. The standard InChI is InChI=1S/C28H30Cl2N6O/c1-19(2)11-12-25-32-26(23-18-31-36(27(23)33-25)21-8-5-7-20(29)17-21)34-13-6-14-35(16-15-34)28(37)22-9-3-4-10-24(22)30/h3-5,7-10,17-19H,6,11-16H2,1-2H3. The Hall–Kier alpha value is -3.16. The van der Waals surface area contributed by atoms with Crippen LogP contribution in [0, 0.1) is 5.92 Å². The summed E-state index contributed by atoms with van der Waals surface area (Å²) < 4.78 is 1.83. The van der Waals surface area contributed by atoms with Crippen molar-refractivity contribution in [2.75, 3.05) is 31.1 Å². The summed E-state index contributed by atoms with van der Waals surface area (Å²) in [6.07, 6.45) is 4.43. The number of benzene rings is 2. The van der Waals surface area contributed by atoms with Crippen LogP contribution >= 0.6 is 23.2 Å². The Morgan fingerprint density at radius 1 is 1.00 bits per heavy atom. The average Bonchev–Trinajstić information content (AvgIpc) is 3.16. The zero-order valence-corrected chi connectivity index (χ0v) is 22.6. The molecule has 0 bridgehead atoms. The van der Waals surface area contributed by atoms with Gasteiger partial charge in [-0.3, -0.25) is 4.79 Å². The Morgan fingerprint density at radius 3 is 2.62 bits per heavy atom. The van der Waals surface area contributed by atoms with Gasteiger partial charge in [0, 0.05) is 37.6 Å². The van der Waals surface area contributed by atoms with Crippen molar-refractivity contribution in [1.82, 2.24) is 24.6 Å². The highest BCUT2D eigenvalue weighted by Gasteiger charge is 2.25. The van der Waals surface area contributed by atoms with Crippen molar-refractivity contribution in [1.29, 1.82) is 0 Å². The van der Waals surface area contributed by atoms with Crippen molar-refractivity contribution in [2.45, 2.75) is 33.1 Å². The molecule has 0 atom stereocenters. The number of aromatic nitrogens is 4. The Balaban J connectivity index is 1.48. The number of rotatable bonds is 6. The molecule has 1 aliphatic heterocycles. The number of hydrogen-bond donors (Lipinski definition) is 0. The molecule has 0 saturated carbocycles. The van der Waals surface area contributed by atoms with Crippen LogP contribution < -0.4 is 4.90 Å². The smallest absolute Gasteiger partial charge is 0.255 e. The van der Waals surface area contributed by atoms with E-state index in [-0.39, 0.29) is 5.91 Å². The summed E-state index contributed by atoms with van der Waals surface area (Å²) in [5.74, 6) is 2.17. The van der Waals surface area contributed by atoms with Crippen LogP contribution in [0.2, 0.25) is 10.0 Å². The van der Waals surface area contributed by atoms with Crippen LogP contribution in [0.5, 0.6) is 0 Å². The lowest BCUT2D eigenvalue weighted by Crippen LogP contribution is -2.35. The first-order valence-electron chi connectivity index (χ1n) is 12.7. The van der Waals surface area contributed by atoms with Crippen molar-refractivity contribution >= 4 is 46.0 Å². The Morgan fingerprint density at radius 2 is 1.84 bits per heavy atom. The molecule has 0 radical (unpaired) electrons. The maximum absolute atomic E-state index is 13.2. The van der Waals surface area contributed by atoms with Gasteiger partial charge in [-0.2, -0.15) is 5.10 Å². The highest BCUT2D eigenvalue weighted by Crippen LogP contribution is 2.28. The lowest BCUT2D eigenvalue weighted by Gasteiger charge is -2.24. The molecular formula is C28H30Cl2N6O. The van der Waals surface area contributed by atoms with Gasteiger partial charge >= 0.3 is 0 Å². The first-order valence-corrected chi connectivity index (χ1v) is 13.5. The van der Waals surface area contributed by atoms with E-state index < -0.39 is 0 Å². The SMILES string of the molecule is CC(C)CCc1nc(N2CCCN(C(=O)c3ccccc3Cl)CC2)c2cnn(-c3cccc(Cl)c3)c2n1. The number of halogens is 2. The van der Waals surface area contributed by atoms with Crippen molar-refractivity contribution in [3.8, 4) is 5.69 Å². The monoisotopic (exact) mass is 536 g/mol. The maximum atomic E-state index is 13.2. The average molecular weight is 537 g/mol. The van der Waals surface area contributed by atoms with E-state index in [1.165, 1.54) is 0 Å². The number of amides is 1. The van der Waals surface area contributed by atoms with Gasteiger partial charge in [0.25, 0.3) is 5.91 Å². The number of hydrogen-bond acceptors (Lipinski definition) is 5. The van der Waals surface area contributed by atoms with Crippen molar-refractivity contribution in [3.05, 3.63) is 76.2 Å². The molecule has 1 fully saturated rings. The largest absolute Gasteiger partial charge is 0.354 e. The summed E-state index contributed by atoms with van der Waals surface area (Å²) in [7, 11) is 0. The summed E-state index contributed by atoms with van der Waals surface area (Å²) in [5.41, 5.74) is 2.16. The Kier molecular flexibility index (Phi) is 7.63. The molecule has 1 amide bonds. The third-order valence-electron chi connectivity index (χ3n) is 6.64. The van der Waals surface area contributed by atoms with Crippen LogP contribution in [0.25, 0.3) is 16.7 Å². The van der Waals surface area contributed by atoms with Gasteiger partial charge in [-0.1, -0.05) is 55.2 Å². The fourth-order valence-corrected chi connectivity index (χ4v) is 5.04. The van der Waals surface area contributed by atoms with Crippen molar-refractivity contribution < 1.29 is 4.79 Å². The van der Waals surface area contributed by atoms with E-state index in [9.17, 15) is 4.79 Å². The van der Waals surface area contributed by atoms with Crippen LogP contribution in [0.3, 0.4) is 0 Å². The minimum atomic E-state index is -0.0355. The van der Waals surface area contributed by atoms with Gasteiger partial charge in [-0.05, 0) is 49.1 Å². The summed E-state index contributed by atoms with van der Waals surface area (Å²) in [5, 5.41) is 6.68. The van der Waals surface area contributed by atoms with E-state index >= 15 is 0 Å². The molecule has 7 nitrogen and oxygen atoms in total. The second-order valence-electron chi connectivity index (χ2n) is 9.78. The number of fused-ring (bicyclic) bond motifs is 1. The van der Waals surface area contributed by atoms with Gasteiger partial charge in [0.1, 0.15) is 11.6 Å². The quantitative estimate of drug-likeness (QED) is 0.299. The number of carbonyl (C=O) groups excluding carboxylic acids is 1. The molecule has 1 aliphatic rings. The van der Waals surface area contributed by atoms with Crippen molar-refractivity contribution in [2.24, 2.45) is 5.92 Å². The predicted octanol–water partition coefficient (Wildman–Crippen LogP) is 6.06. The van der Waals surface area contributed by atoms with E-state index in [4.69, 9.17) is 33.2 Å². The fourth-order valence-electron chi connectivity index (χ4n) is 4.64. The lowest BCUT2D eigenvalue weighted by molar-refractivity contribution is 0.0767. The van der Waals surface area contributed by atoms with Crippen LogP contribution in [-0.4, -0.2) is 56.7 Å². The first kappa shape index (κ1) is 25.5. The maximum Gasteiger partial charge on any atom is 0.255 e. The molecule has 0 spiro atoms. The molecule has 4 aromatic rings. The number of anilines is 1. The first-order chi connectivity index (χ1) is 17.9. The minimum Gasteiger partial charge on any atom is -0.354 e. The van der Waals surface area contributed by atoms with Gasteiger partial charge < -0.3 is 9.80 Å². The molecular weight excluding hydrogens is 507 g/mol. The molecule has 9 heteroatoms. The number of nitrogens with zero attached hydrogens (tertiary/aromatic N) is 6. The second kappa shape index (κ2) is 11.1. The van der Waals surface area contributed by atoms with Gasteiger partial charge in [0.05, 0.1) is 27.9 Å². The number of carbonyl (C=O) groups is 1. The molecule has 0 unspecified atom stereocenters. The highest BCUT2D eigenvalue weighted by molar-refractivity contribution is 6.33. The van der Waals surface area contributed by atoms with E-state index in [0.29, 0.717) is 41.2 Å². The fraction of sp³-hybridized carbons (Fsp3) is 0.357. The molecule has 2 aromatic carbocycles. The van der Waals surface area contributed by atoms with Gasteiger partial charge in [-0.15, -0.1) is 0 Å². The van der Waals surface area contributed by atoms with E-state index in [1.807, 2.05) is 52.2 Å². The molecule has 5 rings (SSSR count). The zero-order valence-electron chi connectivity index (χ0n) is 21.1. The van der Waals surface area contributed by atoms with Gasteiger partial charge in [0.15, 0.2) is 5.65 Å². The van der Waals surface area contributed by atoms with E-state index in [0.717, 1.165) is 54.2 Å². The molecule has 2 aromatic heterocycles. The van der Waals surface area contributed by atoms with Crippen LogP contribution in [0.15, 0.2) is 54.7 Å². The summed E-state index contributed by atoms with van der Waals surface area (Å²) in [4.78, 5) is 27.3. The third-order valence-corrected chi connectivity index (χ3v) is 7.20. The highest BCUT2D eigenvalue weighted by atomic mass is 35.5. The van der Waals surface area contributed by atoms with Crippen molar-refractivity contribution in [3.63, 3.8) is 0 Å². The molecule has 3 heterocycles. The molecule has 0 N–H and O–H groups in total. The van der Waals surface area contributed by atoms with Gasteiger partial charge in [-0.25, -0.2) is 14.6 Å². The summed E-state index contributed by atoms with van der Waals surface area (Å²) >= 11 is 12.6. The normalized spacial score (nSPS) is 14.4. The van der Waals surface area contributed by atoms with E-state index in [2.05, 4.69) is 23.8 Å². The molecule has 192 valence electrons. The Bertz CT molecular complexity index is 1420. The topological polar surface area (TPSA) is 67.2 Å². The Labute approximate surface area is 227 Å². The summed E-state index contributed by atoms with van der Waals surface area (Å²) in [6, 6.07) is 14.8. The van der Waals surface area contributed by atoms with Crippen LogP contribution in [-0.2, 0) is 6.42 Å². The van der Waals surface area contributed by atoms with Gasteiger partial charge in [0.2, 0.25) is 0 Å². The lowest BCUT2D eigenvalue weighted by atomic mass is 10.1. The second-order valence-corrected chi connectivity index (χ2v) is 10.6. The number of aryl methyl sites for hydroxylation is 1. The predicted molar refractivity (Wildman–Crippen MR) is 149 cm³/mol.